The van der Waals surface area contributed by atoms with Crippen molar-refractivity contribution >= 4 is 60.8 Å². The van der Waals surface area contributed by atoms with Crippen LogP contribution in [0.2, 0.25) is 0 Å². The van der Waals surface area contributed by atoms with Crippen molar-refractivity contribution in [1.29, 1.82) is 0 Å². The molecule has 0 aliphatic rings. The Labute approximate surface area is 330 Å². The molecule has 11 aromatic rings. The highest BCUT2D eigenvalue weighted by Crippen LogP contribution is 2.46. The fraction of sp³-hybridized carbons (Fsp3) is 0. The van der Waals surface area contributed by atoms with E-state index in [1.54, 1.807) is 0 Å². The molecule has 0 radical (unpaired) electrons. The molecule has 268 valence electrons. The van der Waals surface area contributed by atoms with Crippen molar-refractivity contribution in [2.24, 2.45) is 0 Å². The minimum atomic E-state index is 0.859. The fourth-order valence-electron chi connectivity index (χ4n) is 8.60. The second-order valence-corrected chi connectivity index (χ2v) is 14.5. The Morgan fingerprint density at radius 3 is 1.81 bits per heavy atom. The van der Waals surface area contributed by atoms with Crippen LogP contribution in [0.4, 0.5) is 17.1 Å². The number of hydrogen-bond acceptors (Lipinski definition) is 2. The van der Waals surface area contributed by atoms with E-state index in [4.69, 9.17) is 4.42 Å². The maximum absolute atomic E-state index is 6.49. The van der Waals surface area contributed by atoms with Gasteiger partial charge in [-0.1, -0.05) is 146 Å². The lowest BCUT2D eigenvalue weighted by atomic mass is 9.95. The van der Waals surface area contributed by atoms with Crippen LogP contribution in [0.25, 0.3) is 82.8 Å². The van der Waals surface area contributed by atoms with Crippen LogP contribution in [0.1, 0.15) is 0 Å². The SMILES string of the molecule is c1ccc(-c2cccc(-c3cccc4c3c3cc(N(c5ccc6c(c5)oc5ccccc56)c5ccccc5-c5ccccc5)ccc3n4-c3ccccc3)c2)cc1. The van der Waals surface area contributed by atoms with E-state index >= 15 is 0 Å². The molecule has 0 N–H and O–H groups in total. The number of nitrogens with zero attached hydrogens (tertiary/aromatic N) is 2. The monoisotopic (exact) mass is 728 g/mol. The molecule has 0 bridgehead atoms. The molecule has 3 heteroatoms. The first-order valence-corrected chi connectivity index (χ1v) is 19.4. The van der Waals surface area contributed by atoms with Gasteiger partial charge in [0.25, 0.3) is 0 Å². The molecule has 0 spiro atoms. The maximum Gasteiger partial charge on any atom is 0.137 e. The Hall–Kier alpha value is -7.62. The van der Waals surface area contributed by atoms with Gasteiger partial charge in [-0.15, -0.1) is 0 Å². The Morgan fingerprint density at radius 2 is 0.965 bits per heavy atom. The first-order chi connectivity index (χ1) is 28.3. The molecule has 0 saturated heterocycles. The van der Waals surface area contributed by atoms with Gasteiger partial charge in [0.15, 0.2) is 0 Å². The Kier molecular flexibility index (Phi) is 7.82. The quantitative estimate of drug-likeness (QED) is 0.163. The average Bonchev–Trinajstić information content (AvgIpc) is 3.83. The third-order valence-electron chi connectivity index (χ3n) is 11.2. The predicted molar refractivity (Wildman–Crippen MR) is 239 cm³/mol. The highest BCUT2D eigenvalue weighted by molar-refractivity contribution is 6.17. The Bertz CT molecular complexity index is 3230. The van der Waals surface area contributed by atoms with Crippen LogP contribution in [-0.2, 0) is 0 Å². The number of para-hydroxylation sites is 3. The van der Waals surface area contributed by atoms with E-state index in [9.17, 15) is 0 Å². The minimum absolute atomic E-state index is 0.859. The van der Waals surface area contributed by atoms with Crippen molar-refractivity contribution in [3.63, 3.8) is 0 Å². The van der Waals surface area contributed by atoms with Crippen LogP contribution in [0, 0.1) is 0 Å². The number of anilines is 3. The Balaban J connectivity index is 1.19. The third kappa shape index (κ3) is 5.60. The van der Waals surface area contributed by atoms with Gasteiger partial charge < -0.3 is 13.9 Å². The van der Waals surface area contributed by atoms with Crippen molar-refractivity contribution in [2.75, 3.05) is 4.90 Å². The summed E-state index contributed by atoms with van der Waals surface area (Å²) >= 11 is 0. The lowest BCUT2D eigenvalue weighted by molar-refractivity contribution is 0.669. The standard InChI is InChI=1S/C54H36N2O/c1-4-16-37(17-5-1)39-20-14-21-40(34-39)45-26-15-28-51-54(45)48-35-42(31-33-50(48)56(51)41-22-8-3-9-23-41)55(49-27-12-10-24-44(49)38-18-6-2-7-19-38)43-30-32-47-46-25-11-13-29-52(46)57-53(47)36-43/h1-36H. The fourth-order valence-corrected chi connectivity index (χ4v) is 8.60. The largest absolute Gasteiger partial charge is 0.456 e. The zero-order valence-corrected chi connectivity index (χ0v) is 31.1. The summed E-state index contributed by atoms with van der Waals surface area (Å²) in [5.41, 5.74) is 15.4. The topological polar surface area (TPSA) is 21.3 Å². The minimum Gasteiger partial charge on any atom is -0.456 e. The van der Waals surface area contributed by atoms with Gasteiger partial charge in [0, 0.05) is 50.2 Å². The second-order valence-electron chi connectivity index (χ2n) is 14.5. The molecule has 0 aliphatic heterocycles. The van der Waals surface area contributed by atoms with Crippen LogP contribution >= 0.6 is 0 Å². The van der Waals surface area contributed by atoms with E-state index < -0.39 is 0 Å². The molecule has 57 heavy (non-hydrogen) atoms. The lowest BCUT2D eigenvalue weighted by Crippen LogP contribution is -2.11. The maximum atomic E-state index is 6.49. The molecule has 0 atom stereocenters. The van der Waals surface area contributed by atoms with Gasteiger partial charge in [0.05, 0.1) is 16.7 Å². The number of rotatable bonds is 7. The molecule has 3 nitrogen and oxygen atoms in total. The summed E-state index contributed by atoms with van der Waals surface area (Å²) in [6.07, 6.45) is 0. The first kappa shape index (κ1) is 32.8. The zero-order valence-electron chi connectivity index (χ0n) is 31.1. The van der Waals surface area contributed by atoms with E-state index in [1.807, 2.05) is 12.1 Å². The van der Waals surface area contributed by atoms with E-state index in [2.05, 4.69) is 216 Å². The normalized spacial score (nSPS) is 11.5. The molecular formula is C54H36N2O. The van der Waals surface area contributed by atoms with Crippen molar-refractivity contribution in [1.82, 2.24) is 4.57 Å². The van der Waals surface area contributed by atoms with Gasteiger partial charge in [-0.2, -0.15) is 0 Å². The summed E-state index contributed by atoms with van der Waals surface area (Å²) in [5.74, 6) is 0. The molecule has 2 aromatic heterocycles. The smallest absolute Gasteiger partial charge is 0.137 e. The molecule has 9 aromatic carbocycles. The lowest BCUT2D eigenvalue weighted by Gasteiger charge is -2.28. The average molecular weight is 729 g/mol. The molecule has 0 saturated carbocycles. The molecule has 0 amide bonds. The number of furan rings is 1. The molecular weight excluding hydrogens is 693 g/mol. The number of hydrogen-bond donors (Lipinski definition) is 0. The van der Waals surface area contributed by atoms with Crippen molar-refractivity contribution in [3.8, 4) is 39.1 Å². The van der Waals surface area contributed by atoms with Crippen LogP contribution in [0.15, 0.2) is 223 Å². The van der Waals surface area contributed by atoms with E-state index in [0.29, 0.717) is 0 Å². The zero-order chi connectivity index (χ0) is 37.7. The number of fused-ring (bicyclic) bond motifs is 6. The highest BCUT2D eigenvalue weighted by atomic mass is 16.3. The summed E-state index contributed by atoms with van der Waals surface area (Å²) < 4.78 is 8.89. The number of aromatic nitrogens is 1. The van der Waals surface area contributed by atoms with Crippen LogP contribution < -0.4 is 4.90 Å². The molecule has 11 rings (SSSR count). The molecule has 2 heterocycles. The van der Waals surface area contributed by atoms with Gasteiger partial charge in [-0.05, 0) is 94.5 Å². The van der Waals surface area contributed by atoms with Gasteiger partial charge in [-0.3, -0.25) is 0 Å². The van der Waals surface area contributed by atoms with Crippen molar-refractivity contribution in [2.45, 2.75) is 0 Å². The van der Waals surface area contributed by atoms with Gasteiger partial charge >= 0.3 is 0 Å². The predicted octanol–water partition coefficient (Wildman–Crippen LogP) is 15.2. The highest BCUT2D eigenvalue weighted by Gasteiger charge is 2.22. The third-order valence-corrected chi connectivity index (χ3v) is 11.2. The van der Waals surface area contributed by atoms with Crippen molar-refractivity contribution < 1.29 is 4.42 Å². The summed E-state index contributed by atoms with van der Waals surface area (Å²) in [7, 11) is 0. The summed E-state index contributed by atoms with van der Waals surface area (Å²) in [6, 6.07) is 78.2. The summed E-state index contributed by atoms with van der Waals surface area (Å²) in [6.45, 7) is 0. The molecule has 0 aliphatic carbocycles. The van der Waals surface area contributed by atoms with E-state index in [1.165, 1.54) is 33.0 Å². The first-order valence-electron chi connectivity index (χ1n) is 19.4. The van der Waals surface area contributed by atoms with Gasteiger partial charge in [0.2, 0.25) is 0 Å². The van der Waals surface area contributed by atoms with Crippen LogP contribution in [-0.4, -0.2) is 4.57 Å². The molecule has 0 unspecified atom stereocenters. The van der Waals surface area contributed by atoms with E-state index in [-0.39, 0.29) is 0 Å². The second kappa shape index (κ2) is 13.6. The van der Waals surface area contributed by atoms with Gasteiger partial charge in [0.1, 0.15) is 11.2 Å². The molecule has 0 fully saturated rings. The van der Waals surface area contributed by atoms with E-state index in [0.717, 1.165) is 66.8 Å². The van der Waals surface area contributed by atoms with Crippen LogP contribution in [0.5, 0.6) is 0 Å². The Morgan fingerprint density at radius 1 is 0.351 bits per heavy atom. The van der Waals surface area contributed by atoms with Crippen molar-refractivity contribution in [3.05, 3.63) is 218 Å². The summed E-state index contributed by atoms with van der Waals surface area (Å²) in [4.78, 5) is 2.39. The van der Waals surface area contributed by atoms with Crippen LogP contribution in [0.3, 0.4) is 0 Å². The van der Waals surface area contributed by atoms with Gasteiger partial charge in [-0.25, -0.2) is 0 Å². The summed E-state index contributed by atoms with van der Waals surface area (Å²) in [5, 5.41) is 4.62. The number of benzene rings is 9.